The van der Waals surface area contributed by atoms with Gasteiger partial charge in [0.2, 0.25) is 0 Å². The van der Waals surface area contributed by atoms with Gasteiger partial charge in [0.1, 0.15) is 0 Å². The number of carboxylic acid groups (broad SMARTS) is 1. The van der Waals surface area contributed by atoms with Crippen molar-refractivity contribution in [2.24, 2.45) is 5.92 Å². The van der Waals surface area contributed by atoms with E-state index in [4.69, 9.17) is 5.11 Å². The van der Waals surface area contributed by atoms with Crippen molar-refractivity contribution in [2.75, 3.05) is 25.0 Å². The van der Waals surface area contributed by atoms with E-state index in [0.29, 0.717) is 12.1 Å². The highest BCUT2D eigenvalue weighted by Crippen LogP contribution is 2.26. The maximum absolute atomic E-state index is 12.6. The number of anilines is 1. The number of carbonyl (C=O) groups excluding carboxylic acids is 1. The topological polar surface area (TPSA) is 69.6 Å². The number of rotatable bonds is 3. The fourth-order valence-electron chi connectivity index (χ4n) is 3.27. The van der Waals surface area contributed by atoms with Crippen molar-refractivity contribution in [1.29, 1.82) is 0 Å². The number of hydrogen-bond donors (Lipinski definition) is 2. The molecule has 5 nitrogen and oxygen atoms in total. The maximum Gasteiger partial charge on any atom is 0.303 e. The van der Waals surface area contributed by atoms with Gasteiger partial charge in [-0.05, 0) is 42.9 Å². The van der Waals surface area contributed by atoms with E-state index >= 15 is 0 Å². The molecule has 1 amide bonds. The van der Waals surface area contributed by atoms with Gasteiger partial charge in [-0.1, -0.05) is 6.07 Å². The van der Waals surface area contributed by atoms with E-state index in [1.54, 1.807) is 4.90 Å². The summed E-state index contributed by atoms with van der Waals surface area (Å²) in [6, 6.07) is 5.82. The molecule has 1 fully saturated rings. The Morgan fingerprint density at radius 2 is 2.24 bits per heavy atom. The molecular weight excluding hydrogens is 268 g/mol. The van der Waals surface area contributed by atoms with Crippen LogP contribution in [0.1, 0.15) is 35.2 Å². The van der Waals surface area contributed by atoms with Crippen LogP contribution >= 0.6 is 0 Å². The summed E-state index contributed by atoms with van der Waals surface area (Å²) in [5.74, 6) is -0.689. The largest absolute Gasteiger partial charge is 0.481 e. The number of benzene rings is 1. The fraction of sp³-hybridized carbons (Fsp3) is 0.500. The monoisotopic (exact) mass is 288 g/mol. The summed E-state index contributed by atoms with van der Waals surface area (Å²) in [5.41, 5.74) is 3.01. The molecular formula is C16H20N2O3. The number of likely N-dealkylation sites (tertiary alicyclic amines) is 1. The van der Waals surface area contributed by atoms with Crippen LogP contribution in [0.15, 0.2) is 18.2 Å². The average Bonchev–Trinajstić information content (AvgIpc) is 2.93. The van der Waals surface area contributed by atoms with Crippen molar-refractivity contribution < 1.29 is 14.7 Å². The summed E-state index contributed by atoms with van der Waals surface area (Å²) in [4.78, 5) is 25.2. The van der Waals surface area contributed by atoms with E-state index < -0.39 is 5.97 Å². The van der Waals surface area contributed by atoms with Gasteiger partial charge >= 0.3 is 5.97 Å². The van der Waals surface area contributed by atoms with Crippen LogP contribution in [0.2, 0.25) is 0 Å². The lowest BCUT2D eigenvalue weighted by molar-refractivity contribution is -0.138. The number of fused-ring (bicyclic) bond motifs is 1. The van der Waals surface area contributed by atoms with Gasteiger partial charge in [-0.15, -0.1) is 0 Å². The van der Waals surface area contributed by atoms with Gasteiger partial charge < -0.3 is 15.3 Å². The molecule has 1 aromatic rings. The second kappa shape index (κ2) is 5.76. The Hall–Kier alpha value is -2.04. The number of carboxylic acids is 1. The molecule has 2 aliphatic heterocycles. The minimum Gasteiger partial charge on any atom is -0.481 e. The van der Waals surface area contributed by atoms with Gasteiger partial charge in [0.05, 0.1) is 0 Å². The predicted octanol–water partition coefficient (Wildman–Crippen LogP) is 1.98. The van der Waals surface area contributed by atoms with Gasteiger partial charge in [-0.2, -0.15) is 0 Å². The molecule has 5 heteroatoms. The van der Waals surface area contributed by atoms with E-state index in [1.165, 1.54) is 5.56 Å². The first-order chi connectivity index (χ1) is 10.1. The second-order valence-corrected chi connectivity index (χ2v) is 5.91. The molecule has 2 aliphatic rings. The minimum atomic E-state index is -0.781. The van der Waals surface area contributed by atoms with Gasteiger partial charge in [0.15, 0.2) is 0 Å². The number of piperidine rings is 1. The zero-order valence-electron chi connectivity index (χ0n) is 12.0. The average molecular weight is 288 g/mol. The van der Waals surface area contributed by atoms with Crippen molar-refractivity contribution in [2.45, 2.75) is 25.7 Å². The van der Waals surface area contributed by atoms with Crippen LogP contribution in [0, 0.1) is 5.92 Å². The summed E-state index contributed by atoms with van der Waals surface area (Å²) >= 11 is 0. The smallest absolute Gasteiger partial charge is 0.303 e. The third-order valence-electron chi connectivity index (χ3n) is 4.34. The molecule has 0 saturated carbocycles. The zero-order chi connectivity index (χ0) is 14.8. The van der Waals surface area contributed by atoms with E-state index in [2.05, 4.69) is 5.32 Å². The number of carbonyl (C=O) groups is 2. The summed E-state index contributed by atoms with van der Waals surface area (Å²) in [5, 5.41) is 12.2. The van der Waals surface area contributed by atoms with Crippen LogP contribution in [0.5, 0.6) is 0 Å². The quantitative estimate of drug-likeness (QED) is 0.892. The Bertz CT molecular complexity index is 571. The summed E-state index contributed by atoms with van der Waals surface area (Å²) in [7, 11) is 0. The van der Waals surface area contributed by atoms with Crippen molar-refractivity contribution in [3.63, 3.8) is 0 Å². The number of amides is 1. The fourth-order valence-corrected chi connectivity index (χ4v) is 3.27. The Morgan fingerprint density at radius 3 is 3.05 bits per heavy atom. The maximum atomic E-state index is 12.6. The van der Waals surface area contributed by atoms with E-state index in [0.717, 1.165) is 38.0 Å². The highest BCUT2D eigenvalue weighted by Gasteiger charge is 2.26. The Labute approximate surface area is 123 Å². The third-order valence-corrected chi connectivity index (χ3v) is 4.34. The number of nitrogens with one attached hydrogen (secondary N) is 1. The second-order valence-electron chi connectivity index (χ2n) is 5.91. The standard InChI is InChI=1S/C16H20N2O3/c19-15(20)8-11-2-1-7-18(10-11)16(21)13-4-3-12-5-6-17-14(12)9-13/h3-4,9,11,17H,1-2,5-8,10H2,(H,19,20). The Balaban J connectivity index is 1.71. The number of nitrogens with zero attached hydrogens (tertiary/aromatic N) is 1. The van der Waals surface area contributed by atoms with E-state index in [1.807, 2.05) is 18.2 Å². The first-order valence-electron chi connectivity index (χ1n) is 7.51. The normalized spacial score (nSPS) is 20.8. The molecule has 1 atom stereocenters. The molecule has 112 valence electrons. The molecule has 2 heterocycles. The summed E-state index contributed by atoms with van der Waals surface area (Å²) < 4.78 is 0. The molecule has 0 bridgehead atoms. The predicted molar refractivity (Wildman–Crippen MR) is 79.5 cm³/mol. The Kier molecular flexibility index (Phi) is 3.82. The minimum absolute atomic E-state index is 0.0154. The third kappa shape index (κ3) is 3.01. The molecule has 0 aromatic heterocycles. The highest BCUT2D eigenvalue weighted by molar-refractivity contribution is 5.95. The van der Waals surface area contributed by atoms with Gasteiger partial charge in [-0.3, -0.25) is 9.59 Å². The summed E-state index contributed by atoms with van der Waals surface area (Å²) in [6.07, 6.45) is 2.93. The van der Waals surface area contributed by atoms with Crippen LogP contribution in [0.3, 0.4) is 0 Å². The van der Waals surface area contributed by atoms with Crippen LogP contribution in [0.25, 0.3) is 0 Å². The SMILES string of the molecule is O=C(O)CC1CCCN(C(=O)c2ccc3c(c2)NCC3)C1. The van der Waals surface area contributed by atoms with Crippen molar-refractivity contribution >= 4 is 17.6 Å². The summed E-state index contributed by atoms with van der Waals surface area (Å²) in [6.45, 7) is 2.20. The Morgan fingerprint density at radius 1 is 1.38 bits per heavy atom. The molecule has 0 spiro atoms. The molecule has 1 aromatic carbocycles. The zero-order valence-corrected chi connectivity index (χ0v) is 12.0. The first-order valence-corrected chi connectivity index (χ1v) is 7.51. The van der Waals surface area contributed by atoms with Gasteiger partial charge in [-0.25, -0.2) is 0 Å². The van der Waals surface area contributed by atoms with Crippen LogP contribution in [-0.2, 0) is 11.2 Å². The van der Waals surface area contributed by atoms with Gasteiger partial charge in [0, 0.05) is 37.3 Å². The molecule has 0 radical (unpaired) electrons. The van der Waals surface area contributed by atoms with Crippen LogP contribution in [0.4, 0.5) is 5.69 Å². The number of hydrogen-bond acceptors (Lipinski definition) is 3. The van der Waals surface area contributed by atoms with E-state index in [-0.39, 0.29) is 18.2 Å². The van der Waals surface area contributed by atoms with E-state index in [9.17, 15) is 9.59 Å². The van der Waals surface area contributed by atoms with Crippen LogP contribution in [-0.4, -0.2) is 41.5 Å². The van der Waals surface area contributed by atoms with Crippen LogP contribution < -0.4 is 5.32 Å². The number of aliphatic carboxylic acids is 1. The van der Waals surface area contributed by atoms with Crippen molar-refractivity contribution in [3.8, 4) is 0 Å². The van der Waals surface area contributed by atoms with Crippen molar-refractivity contribution in [3.05, 3.63) is 29.3 Å². The molecule has 3 rings (SSSR count). The molecule has 1 unspecified atom stereocenters. The molecule has 21 heavy (non-hydrogen) atoms. The molecule has 2 N–H and O–H groups in total. The lowest BCUT2D eigenvalue weighted by Crippen LogP contribution is -2.40. The first kappa shape index (κ1) is 13.9. The van der Waals surface area contributed by atoms with Gasteiger partial charge in [0.25, 0.3) is 5.91 Å². The highest BCUT2D eigenvalue weighted by atomic mass is 16.4. The lowest BCUT2D eigenvalue weighted by Gasteiger charge is -2.32. The lowest BCUT2D eigenvalue weighted by atomic mass is 9.94. The van der Waals surface area contributed by atoms with Crippen molar-refractivity contribution in [1.82, 2.24) is 4.90 Å². The molecule has 0 aliphatic carbocycles. The molecule has 1 saturated heterocycles.